The van der Waals surface area contributed by atoms with Gasteiger partial charge in [-0.2, -0.15) is 0 Å². The van der Waals surface area contributed by atoms with Crippen LogP contribution in [0.25, 0.3) is 0 Å². The van der Waals surface area contributed by atoms with Crippen molar-refractivity contribution in [1.29, 1.82) is 0 Å². The zero-order valence-electron chi connectivity index (χ0n) is 10.7. The first-order chi connectivity index (χ1) is 9.72. The molecule has 0 spiro atoms. The third-order valence-corrected chi connectivity index (χ3v) is 3.11. The molecule has 1 rings (SSSR count). The van der Waals surface area contributed by atoms with Gasteiger partial charge in [-0.3, -0.25) is 10.1 Å². The van der Waals surface area contributed by atoms with Crippen molar-refractivity contribution >= 4 is 39.3 Å². The summed E-state index contributed by atoms with van der Waals surface area (Å²) < 4.78 is 0.242. The number of carboxylic acids is 1. The van der Waals surface area contributed by atoms with Crippen molar-refractivity contribution in [2.75, 3.05) is 5.32 Å². The minimum Gasteiger partial charge on any atom is -0.480 e. The van der Waals surface area contributed by atoms with Crippen molar-refractivity contribution in [3.63, 3.8) is 0 Å². The number of hydrogen-bond acceptors (Lipinski definition) is 5. The Morgan fingerprint density at radius 1 is 1.43 bits per heavy atom. The maximum absolute atomic E-state index is 11.6. The number of nitro groups is 1. The fourth-order valence-corrected chi connectivity index (χ4v) is 1.82. The largest absolute Gasteiger partial charge is 0.480 e. The number of rotatable bonds is 5. The molecule has 1 aromatic rings. The van der Waals surface area contributed by atoms with Crippen LogP contribution < -0.4 is 10.6 Å². The molecule has 4 N–H and O–H groups in total. The average molecular weight is 362 g/mol. The molecule has 0 saturated heterocycles. The number of nitrogens with one attached hydrogen (secondary N) is 2. The number of urea groups is 1. The first-order valence-corrected chi connectivity index (χ1v) is 6.44. The highest BCUT2D eigenvalue weighted by atomic mass is 79.9. The Bertz CT molecular complexity index is 577. The second-order valence-electron chi connectivity index (χ2n) is 4.08. The van der Waals surface area contributed by atoms with Crippen LogP contribution in [-0.2, 0) is 4.79 Å². The van der Waals surface area contributed by atoms with Gasteiger partial charge in [-0.25, -0.2) is 9.59 Å². The summed E-state index contributed by atoms with van der Waals surface area (Å²) in [6.45, 7) is 1.21. The summed E-state index contributed by atoms with van der Waals surface area (Å²) in [6.07, 6.45) is -1.30. The molecule has 0 aliphatic rings. The SMILES string of the molecule is C[C@@H](O)[C@H](NC(=O)Nc1ccc(Br)c([N+](=O)[O-])c1)C(=O)O. The van der Waals surface area contributed by atoms with Gasteiger partial charge in [0.2, 0.25) is 0 Å². The van der Waals surface area contributed by atoms with Crippen LogP contribution in [0.3, 0.4) is 0 Å². The number of nitro benzene ring substituents is 1. The van der Waals surface area contributed by atoms with Gasteiger partial charge in [0.15, 0.2) is 6.04 Å². The summed E-state index contributed by atoms with van der Waals surface area (Å²) in [5.74, 6) is -1.40. The lowest BCUT2D eigenvalue weighted by molar-refractivity contribution is -0.385. The minimum absolute atomic E-state index is 0.108. The monoisotopic (exact) mass is 361 g/mol. The highest BCUT2D eigenvalue weighted by molar-refractivity contribution is 9.10. The first-order valence-electron chi connectivity index (χ1n) is 5.64. The number of halogens is 1. The van der Waals surface area contributed by atoms with E-state index in [1.165, 1.54) is 19.1 Å². The highest BCUT2D eigenvalue weighted by Crippen LogP contribution is 2.27. The smallest absolute Gasteiger partial charge is 0.328 e. The van der Waals surface area contributed by atoms with E-state index in [2.05, 4.69) is 21.2 Å². The predicted octanol–water partition coefficient (Wildman–Crippen LogP) is 1.31. The number of aliphatic hydroxyl groups excluding tert-OH is 1. The van der Waals surface area contributed by atoms with E-state index in [0.29, 0.717) is 0 Å². The number of aliphatic carboxylic acids is 1. The Hall–Kier alpha value is -2.20. The van der Waals surface area contributed by atoms with Crippen molar-refractivity contribution in [2.45, 2.75) is 19.1 Å². The van der Waals surface area contributed by atoms with E-state index >= 15 is 0 Å². The molecule has 0 aliphatic heterocycles. The van der Waals surface area contributed by atoms with Crippen LogP contribution in [0.4, 0.5) is 16.2 Å². The van der Waals surface area contributed by atoms with Gasteiger partial charge in [-0.1, -0.05) is 0 Å². The molecule has 0 aliphatic carbocycles. The Morgan fingerprint density at radius 2 is 2.05 bits per heavy atom. The molecule has 10 heteroatoms. The standard InChI is InChI=1S/C11H12BrN3O6/c1-5(16)9(10(17)18)14-11(19)13-6-2-3-7(12)8(4-6)15(20)21/h2-5,9,16H,1H3,(H,17,18)(H2,13,14,19)/t5-,9+/m1/s1. The number of anilines is 1. The lowest BCUT2D eigenvalue weighted by Gasteiger charge is -2.17. The van der Waals surface area contributed by atoms with Crippen LogP contribution in [0, 0.1) is 10.1 Å². The molecule has 0 heterocycles. The van der Waals surface area contributed by atoms with Crippen molar-refractivity contribution in [3.05, 3.63) is 32.8 Å². The summed E-state index contributed by atoms with van der Waals surface area (Å²) in [7, 11) is 0. The molecule has 0 aromatic heterocycles. The molecule has 0 radical (unpaired) electrons. The Labute approximate surface area is 127 Å². The van der Waals surface area contributed by atoms with Gasteiger partial charge in [-0.15, -0.1) is 0 Å². The summed E-state index contributed by atoms with van der Waals surface area (Å²) in [5.41, 5.74) is -0.143. The van der Waals surface area contributed by atoms with Crippen LogP contribution in [0.5, 0.6) is 0 Å². The van der Waals surface area contributed by atoms with Crippen LogP contribution in [0.1, 0.15) is 6.92 Å². The maximum Gasteiger partial charge on any atom is 0.328 e. The quantitative estimate of drug-likeness (QED) is 0.460. The molecule has 2 amide bonds. The van der Waals surface area contributed by atoms with Crippen molar-refractivity contribution in [1.82, 2.24) is 5.32 Å². The summed E-state index contributed by atoms with van der Waals surface area (Å²) in [6, 6.07) is 1.49. The summed E-state index contributed by atoms with van der Waals surface area (Å²) in [5, 5.41) is 33.1. The van der Waals surface area contributed by atoms with Crippen LogP contribution in [0.15, 0.2) is 22.7 Å². The van der Waals surface area contributed by atoms with E-state index in [1.807, 2.05) is 5.32 Å². The molecule has 9 nitrogen and oxygen atoms in total. The maximum atomic E-state index is 11.6. The van der Waals surface area contributed by atoms with E-state index in [0.717, 1.165) is 6.07 Å². The van der Waals surface area contributed by atoms with Gasteiger partial charge in [0.1, 0.15) is 0 Å². The molecule has 114 valence electrons. The molecular formula is C11H12BrN3O6. The van der Waals surface area contributed by atoms with Gasteiger partial charge in [0.25, 0.3) is 5.69 Å². The fourth-order valence-electron chi connectivity index (χ4n) is 1.43. The third kappa shape index (κ3) is 4.68. The lowest BCUT2D eigenvalue weighted by atomic mass is 10.2. The lowest BCUT2D eigenvalue weighted by Crippen LogP contribution is -2.49. The number of carbonyl (C=O) groups excluding carboxylic acids is 1. The molecule has 1 aromatic carbocycles. The van der Waals surface area contributed by atoms with E-state index in [9.17, 15) is 24.8 Å². The number of hydrogen-bond donors (Lipinski definition) is 4. The molecule has 0 bridgehead atoms. The third-order valence-electron chi connectivity index (χ3n) is 2.44. The van der Waals surface area contributed by atoms with E-state index in [4.69, 9.17) is 5.11 Å². The number of aliphatic hydroxyl groups is 1. The Kier molecular flexibility index (Phi) is 5.61. The summed E-state index contributed by atoms with van der Waals surface area (Å²) in [4.78, 5) is 32.6. The summed E-state index contributed by atoms with van der Waals surface area (Å²) >= 11 is 2.99. The van der Waals surface area contributed by atoms with E-state index in [1.54, 1.807) is 0 Å². The minimum atomic E-state index is -1.49. The van der Waals surface area contributed by atoms with Crippen molar-refractivity contribution in [3.8, 4) is 0 Å². The van der Waals surface area contributed by atoms with Gasteiger partial charge in [0.05, 0.1) is 15.5 Å². The zero-order chi connectivity index (χ0) is 16.2. The second kappa shape index (κ2) is 6.99. The molecule has 21 heavy (non-hydrogen) atoms. The van der Waals surface area contributed by atoms with E-state index in [-0.39, 0.29) is 15.8 Å². The fraction of sp³-hybridized carbons (Fsp3) is 0.273. The van der Waals surface area contributed by atoms with Gasteiger partial charge < -0.3 is 20.8 Å². The first kappa shape index (κ1) is 16.9. The highest BCUT2D eigenvalue weighted by Gasteiger charge is 2.25. The molecule has 2 atom stereocenters. The Balaban J connectivity index is 2.82. The molecular weight excluding hydrogens is 350 g/mol. The number of amides is 2. The molecule has 0 fully saturated rings. The average Bonchev–Trinajstić information content (AvgIpc) is 2.37. The zero-order valence-corrected chi connectivity index (χ0v) is 12.3. The number of nitrogens with zero attached hydrogens (tertiary/aromatic N) is 1. The topological polar surface area (TPSA) is 142 Å². The predicted molar refractivity (Wildman–Crippen MR) is 76.1 cm³/mol. The normalized spacial score (nSPS) is 13.1. The van der Waals surface area contributed by atoms with Crippen molar-refractivity contribution in [2.24, 2.45) is 0 Å². The van der Waals surface area contributed by atoms with Crippen LogP contribution in [0.2, 0.25) is 0 Å². The van der Waals surface area contributed by atoms with Crippen molar-refractivity contribution < 1.29 is 24.7 Å². The van der Waals surface area contributed by atoms with Gasteiger partial charge in [0, 0.05) is 11.8 Å². The number of carboxylic acid groups (broad SMARTS) is 1. The van der Waals surface area contributed by atoms with Crippen LogP contribution >= 0.6 is 15.9 Å². The Morgan fingerprint density at radius 3 is 2.52 bits per heavy atom. The number of benzene rings is 1. The number of carbonyl (C=O) groups is 2. The molecule has 0 unspecified atom stereocenters. The van der Waals surface area contributed by atoms with Gasteiger partial charge >= 0.3 is 12.0 Å². The van der Waals surface area contributed by atoms with Gasteiger partial charge in [-0.05, 0) is 35.0 Å². The van der Waals surface area contributed by atoms with Crippen LogP contribution in [-0.4, -0.2) is 39.3 Å². The second-order valence-corrected chi connectivity index (χ2v) is 4.93. The molecule has 0 saturated carbocycles. The van der Waals surface area contributed by atoms with E-state index < -0.39 is 29.1 Å².